The lowest BCUT2D eigenvalue weighted by atomic mass is 10.3. The van der Waals surface area contributed by atoms with Crippen molar-refractivity contribution in [2.45, 2.75) is 47.0 Å². The highest BCUT2D eigenvalue weighted by Gasteiger charge is 1.94. The molecule has 0 saturated carbocycles. The predicted molar refractivity (Wildman–Crippen MR) is 54.0 cm³/mol. The number of nitrogens with zero attached hydrogens (tertiary/aromatic N) is 1. The van der Waals surface area contributed by atoms with Gasteiger partial charge in [0, 0.05) is 0 Å². The van der Waals surface area contributed by atoms with Gasteiger partial charge in [0.2, 0.25) is 0 Å². The standard InChI is InChI=1S/C9H21N.CH4/c1-4-6-8-10(3)9-7-5-2;/h4-9H2,1-3H3;1H4. The van der Waals surface area contributed by atoms with E-state index in [0.717, 1.165) is 0 Å². The molecule has 1 heteroatoms. The first-order valence-electron chi connectivity index (χ1n) is 4.49. The summed E-state index contributed by atoms with van der Waals surface area (Å²) >= 11 is 0. The molecular weight excluding hydrogens is 134 g/mol. The normalized spacial score (nSPS) is 9.82. The van der Waals surface area contributed by atoms with E-state index < -0.39 is 0 Å². The molecule has 0 N–H and O–H groups in total. The Morgan fingerprint density at radius 1 is 0.909 bits per heavy atom. The Morgan fingerprint density at radius 3 is 1.55 bits per heavy atom. The summed E-state index contributed by atoms with van der Waals surface area (Å²) in [6.45, 7) is 7.04. The highest BCUT2D eigenvalue weighted by Crippen LogP contribution is 1.94. The molecule has 0 aliphatic carbocycles. The molecular formula is C10H25N. The van der Waals surface area contributed by atoms with E-state index in [1.807, 2.05) is 0 Å². The summed E-state index contributed by atoms with van der Waals surface area (Å²) in [5.41, 5.74) is 0. The maximum Gasteiger partial charge on any atom is -0.00219 e. The van der Waals surface area contributed by atoms with E-state index in [2.05, 4.69) is 25.8 Å². The molecule has 0 saturated heterocycles. The zero-order valence-electron chi connectivity index (χ0n) is 7.69. The average Bonchev–Trinajstić information content (AvgIpc) is 1.97. The van der Waals surface area contributed by atoms with Crippen molar-refractivity contribution in [3.05, 3.63) is 0 Å². The maximum absolute atomic E-state index is 2.42. The fourth-order valence-electron chi connectivity index (χ4n) is 0.968. The minimum Gasteiger partial charge on any atom is -0.306 e. The first-order valence-corrected chi connectivity index (χ1v) is 4.49. The molecule has 0 aromatic carbocycles. The van der Waals surface area contributed by atoms with Crippen LogP contribution in [0.25, 0.3) is 0 Å². The summed E-state index contributed by atoms with van der Waals surface area (Å²) in [6.07, 6.45) is 5.33. The largest absolute Gasteiger partial charge is 0.306 e. The second-order valence-corrected chi connectivity index (χ2v) is 3.01. The van der Waals surface area contributed by atoms with Gasteiger partial charge in [0.25, 0.3) is 0 Å². The van der Waals surface area contributed by atoms with Crippen molar-refractivity contribution in [1.29, 1.82) is 0 Å². The molecule has 0 amide bonds. The number of hydrogen-bond acceptors (Lipinski definition) is 1. The number of hydrogen-bond donors (Lipinski definition) is 0. The second kappa shape index (κ2) is 9.96. The van der Waals surface area contributed by atoms with Crippen LogP contribution in [-0.2, 0) is 0 Å². The van der Waals surface area contributed by atoms with Crippen molar-refractivity contribution in [2.24, 2.45) is 0 Å². The number of unbranched alkanes of at least 4 members (excludes halogenated alkanes) is 2. The van der Waals surface area contributed by atoms with E-state index in [1.54, 1.807) is 0 Å². The minimum absolute atomic E-state index is 0. The monoisotopic (exact) mass is 159 g/mol. The molecule has 1 nitrogen and oxygen atoms in total. The van der Waals surface area contributed by atoms with Crippen molar-refractivity contribution < 1.29 is 0 Å². The molecule has 70 valence electrons. The zero-order valence-corrected chi connectivity index (χ0v) is 7.69. The van der Waals surface area contributed by atoms with Gasteiger partial charge in [0.05, 0.1) is 0 Å². The Morgan fingerprint density at radius 2 is 1.27 bits per heavy atom. The van der Waals surface area contributed by atoms with Crippen molar-refractivity contribution in [2.75, 3.05) is 20.1 Å². The topological polar surface area (TPSA) is 3.24 Å². The van der Waals surface area contributed by atoms with Crippen LogP contribution in [0.2, 0.25) is 0 Å². The number of rotatable bonds is 6. The van der Waals surface area contributed by atoms with E-state index in [0.29, 0.717) is 0 Å². The first-order chi connectivity index (χ1) is 4.81. The van der Waals surface area contributed by atoms with E-state index >= 15 is 0 Å². The van der Waals surface area contributed by atoms with Crippen molar-refractivity contribution in [1.82, 2.24) is 4.90 Å². The molecule has 0 heterocycles. The quantitative estimate of drug-likeness (QED) is 0.575. The lowest BCUT2D eigenvalue weighted by Crippen LogP contribution is -2.20. The third-order valence-electron chi connectivity index (χ3n) is 1.79. The summed E-state index contributed by atoms with van der Waals surface area (Å²) in [5.74, 6) is 0. The molecule has 0 atom stereocenters. The second-order valence-electron chi connectivity index (χ2n) is 3.01. The summed E-state index contributed by atoms with van der Waals surface area (Å²) in [6, 6.07) is 0. The van der Waals surface area contributed by atoms with Gasteiger partial charge in [-0.2, -0.15) is 0 Å². The fraction of sp³-hybridized carbons (Fsp3) is 1.00. The van der Waals surface area contributed by atoms with Crippen LogP contribution in [0, 0.1) is 0 Å². The first kappa shape index (κ1) is 13.5. The van der Waals surface area contributed by atoms with E-state index in [4.69, 9.17) is 0 Å². The minimum atomic E-state index is 0. The summed E-state index contributed by atoms with van der Waals surface area (Å²) in [7, 11) is 2.21. The van der Waals surface area contributed by atoms with Crippen LogP contribution in [0.15, 0.2) is 0 Å². The van der Waals surface area contributed by atoms with Gasteiger partial charge < -0.3 is 4.90 Å². The van der Waals surface area contributed by atoms with Gasteiger partial charge in [-0.3, -0.25) is 0 Å². The van der Waals surface area contributed by atoms with E-state index in [-0.39, 0.29) is 7.43 Å². The van der Waals surface area contributed by atoms with Crippen LogP contribution in [0.3, 0.4) is 0 Å². The smallest absolute Gasteiger partial charge is 0.00219 e. The SMILES string of the molecule is C.CCCCN(C)CCCC. The van der Waals surface area contributed by atoms with Gasteiger partial charge in [-0.1, -0.05) is 34.1 Å². The predicted octanol–water partition coefficient (Wildman–Crippen LogP) is 3.15. The van der Waals surface area contributed by atoms with E-state index in [9.17, 15) is 0 Å². The highest BCUT2D eigenvalue weighted by atomic mass is 15.1. The van der Waals surface area contributed by atoms with Crippen LogP contribution in [0.4, 0.5) is 0 Å². The molecule has 0 fully saturated rings. The molecule has 0 aromatic rings. The van der Waals surface area contributed by atoms with Gasteiger partial charge >= 0.3 is 0 Å². The third kappa shape index (κ3) is 9.96. The molecule has 0 aromatic heterocycles. The highest BCUT2D eigenvalue weighted by molar-refractivity contribution is 4.49. The lowest BCUT2D eigenvalue weighted by molar-refractivity contribution is 0.322. The van der Waals surface area contributed by atoms with Gasteiger partial charge in [0.15, 0.2) is 0 Å². The molecule has 0 rings (SSSR count). The Bertz CT molecular complexity index is 53.9. The zero-order chi connectivity index (χ0) is 7.82. The van der Waals surface area contributed by atoms with Crippen LogP contribution >= 0.6 is 0 Å². The summed E-state index contributed by atoms with van der Waals surface area (Å²) in [5, 5.41) is 0. The molecule has 0 aliphatic rings. The van der Waals surface area contributed by atoms with E-state index in [1.165, 1.54) is 38.8 Å². The summed E-state index contributed by atoms with van der Waals surface area (Å²) in [4.78, 5) is 2.42. The Kier molecular flexibility index (Phi) is 12.3. The molecule has 0 bridgehead atoms. The van der Waals surface area contributed by atoms with Gasteiger partial charge in [0.1, 0.15) is 0 Å². The van der Waals surface area contributed by atoms with Crippen LogP contribution in [0.5, 0.6) is 0 Å². The molecule has 0 radical (unpaired) electrons. The van der Waals surface area contributed by atoms with Gasteiger partial charge in [-0.15, -0.1) is 0 Å². The maximum atomic E-state index is 2.42. The Labute approximate surface area is 72.8 Å². The summed E-state index contributed by atoms with van der Waals surface area (Å²) < 4.78 is 0. The lowest BCUT2D eigenvalue weighted by Gasteiger charge is -2.14. The van der Waals surface area contributed by atoms with Crippen LogP contribution < -0.4 is 0 Å². The Balaban J connectivity index is 0. The molecule has 0 aliphatic heterocycles. The average molecular weight is 159 g/mol. The fourth-order valence-corrected chi connectivity index (χ4v) is 0.968. The van der Waals surface area contributed by atoms with Crippen molar-refractivity contribution >= 4 is 0 Å². The molecule has 0 spiro atoms. The Hall–Kier alpha value is -0.0400. The van der Waals surface area contributed by atoms with Crippen LogP contribution in [-0.4, -0.2) is 25.0 Å². The van der Waals surface area contributed by atoms with Crippen molar-refractivity contribution in [3.63, 3.8) is 0 Å². The molecule has 0 unspecified atom stereocenters. The van der Waals surface area contributed by atoms with Gasteiger partial charge in [-0.25, -0.2) is 0 Å². The third-order valence-corrected chi connectivity index (χ3v) is 1.79. The van der Waals surface area contributed by atoms with Gasteiger partial charge in [-0.05, 0) is 33.0 Å². The van der Waals surface area contributed by atoms with Crippen molar-refractivity contribution in [3.8, 4) is 0 Å². The molecule has 11 heavy (non-hydrogen) atoms. The van der Waals surface area contributed by atoms with Crippen LogP contribution in [0.1, 0.15) is 47.0 Å².